The van der Waals surface area contributed by atoms with Gasteiger partial charge in [0.2, 0.25) is 11.8 Å². The maximum absolute atomic E-state index is 14.2. The van der Waals surface area contributed by atoms with Crippen LogP contribution in [0.4, 0.5) is 5.69 Å². The quantitative estimate of drug-likeness (QED) is 0.278. The lowest BCUT2D eigenvalue weighted by atomic mass is 10.1. The van der Waals surface area contributed by atoms with Gasteiger partial charge in [0.25, 0.3) is 10.0 Å². The Hall–Kier alpha value is -3.96. The maximum atomic E-state index is 14.2. The van der Waals surface area contributed by atoms with E-state index in [1.54, 1.807) is 13.0 Å². The van der Waals surface area contributed by atoms with E-state index in [9.17, 15) is 18.0 Å². The Kier molecular flexibility index (Phi) is 11.7. The highest BCUT2D eigenvalue weighted by Gasteiger charge is 2.34. The molecule has 1 N–H and O–H groups in total. The van der Waals surface area contributed by atoms with Crippen molar-refractivity contribution in [2.24, 2.45) is 0 Å². The lowest BCUT2D eigenvalue weighted by Crippen LogP contribution is -2.53. The molecule has 10 nitrogen and oxygen atoms in total. The first kappa shape index (κ1) is 33.5. The molecule has 0 fully saturated rings. The van der Waals surface area contributed by atoms with Gasteiger partial charge in [0.15, 0.2) is 11.5 Å². The number of carbonyl (C=O) groups is 2. The number of nitrogens with zero attached hydrogens (tertiary/aromatic N) is 2. The summed E-state index contributed by atoms with van der Waals surface area (Å²) in [5, 5.41) is 3.08. The topological polar surface area (TPSA) is 114 Å². The van der Waals surface area contributed by atoms with Crippen LogP contribution in [0, 0.1) is 0 Å². The molecular formula is C31H38ClN3O7S. The van der Waals surface area contributed by atoms with Crippen LogP contribution in [-0.4, -0.2) is 71.6 Å². The number of carbonyl (C=O) groups excluding carboxylic acids is 2. The van der Waals surface area contributed by atoms with Gasteiger partial charge >= 0.3 is 0 Å². The first-order chi connectivity index (χ1) is 20.4. The van der Waals surface area contributed by atoms with E-state index < -0.39 is 28.5 Å². The largest absolute Gasteiger partial charge is 0.495 e. The van der Waals surface area contributed by atoms with Crippen LogP contribution in [-0.2, 0) is 26.0 Å². The smallest absolute Gasteiger partial charge is 0.265 e. The van der Waals surface area contributed by atoms with E-state index in [0.717, 1.165) is 9.87 Å². The number of ether oxygens (including phenoxy) is 3. The fourth-order valence-corrected chi connectivity index (χ4v) is 6.05. The molecular weight excluding hydrogens is 594 g/mol. The summed E-state index contributed by atoms with van der Waals surface area (Å²) in [6.45, 7) is 4.80. The minimum Gasteiger partial charge on any atom is -0.495 e. The Morgan fingerprint density at radius 1 is 0.860 bits per heavy atom. The van der Waals surface area contributed by atoms with Crippen LogP contribution in [0.2, 0.25) is 5.02 Å². The third kappa shape index (κ3) is 8.32. The lowest BCUT2D eigenvalue weighted by Gasteiger charge is -2.32. The van der Waals surface area contributed by atoms with E-state index in [1.165, 1.54) is 56.6 Å². The van der Waals surface area contributed by atoms with Gasteiger partial charge in [0.05, 0.1) is 31.9 Å². The summed E-state index contributed by atoms with van der Waals surface area (Å²) in [5.74, 6) is -0.236. The molecule has 0 saturated heterocycles. The number of rotatable bonds is 14. The van der Waals surface area contributed by atoms with Gasteiger partial charge in [-0.25, -0.2) is 8.42 Å². The van der Waals surface area contributed by atoms with Gasteiger partial charge in [-0.2, -0.15) is 0 Å². The molecule has 43 heavy (non-hydrogen) atoms. The summed E-state index contributed by atoms with van der Waals surface area (Å²) in [6.07, 6.45) is 0.453. The normalized spacial score (nSPS) is 11.9. The monoisotopic (exact) mass is 631 g/mol. The van der Waals surface area contributed by atoms with E-state index in [2.05, 4.69) is 5.32 Å². The molecule has 1 atom stereocenters. The highest BCUT2D eigenvalue weighted by molar-refractivity contribution is 7.92. The van der Waals surface area contributed by atoms with Gasteiger partial charge in [0.1, 0.15) is 18.3 Å². The summed E-state index contributed by atoms with van der Waals surface area (Å²) >= 11 is 6.30. The van der Waals surface area contributed by atoms with Crippen LogP contribution in [0.3, 0.4) is 0 Å². The standard InChI is InChI=1S/C31H38ClN3O7S/c1-21(2)33-31(37)22(3)34(17-16-23-10-8-7-9-11-23)30(36)20-35(26-18-24(32)12-14-27(26)40-4)43(38,39)25-13-15-28(41-5)29(19-25)42-6/h7-15,18-19,21-22H,16-17,20H2,1-6H3,(H,33,37)/t22-/m1/s1. The van der Waals surface area contributed by atoms with Crippen LogP contribution >= 0.6 is 11.6 Å². The zero-order chi connectivity index (χ0) is 31.7. The van der Waals surface area contributed by atoms with Gasteiger partial charge in [-0.15, -0.1) is 0 Å². The number of hydrogen-bond donors (Lipinski definition) is 1. The number of hydrogen-bond acceptors (Lipinski definition) is 7. The van der Waals surface area contributed by atoms with Crippen LogP contribution in [0.1, 0.15) is 26.3 Å². The molecule has 0 aromatic heterocycles. The molecule has 0 bridgehead atoms. The van der Waals surface area contributed by atoms with E-state index in [1.807, 2.05) is 44.2 Å². The van der Waals surface area contributed by atoms with E-state index in [4.69, 9.17) is 25.8 Å². The number of nitrogens with one attached hydrogen (secondary N) is 1. The highest BCUT2D eigenvalue weighted by atomic mass is 35.5. The maximum Gasteiger partial charge on any atom is 0.265 e. The number of sulfonamides is 1. The third-order valence-electron chi connectivity index (χ3n) is 6.71. The van der Waals surface area contributed by atoms with Crippen LogP contribution in [0.5, 0.6) is 17.2 Å². The molecule has 3 rings (SSSR count). The Morgan fingerprint density at radius 3 is 2.09 bits per heavy atom. The number of benzene rings is 3. The molecule has 3 aromatic rings. The van der Waals surface area contributed by atoms with Gasteiger partial charge in [-0.05, 0) is 63.1 Å². The molecule has 0 spiro atoms. The Morgan fingerprint density at radius 2 is 1.49 bits per heavy atom. The number of methoxy groups -OCH3 is 3. The van der Waals surface area contributed by atoms with Crippen molar-refractivity contribution >= 4 is 39.1 Å². The molecule has 0 saturated carbocycles. The van der Waals surface area contributed by atoms with Gasteiger partial charge in [-0.3, -0.25) is 13.9 Å². The Balaban J connectivity index is 2.10. The van der Waals surface area contributed by atoms with Crippen molar-refractivity contribution in [3.8, 4) is 17.2 Å². The fraction of sp³-hybridized carbons (Fsp3) is 0.355. The van der Waals surface area contributed by atoms with Crippen molar-refractivity contribution in [1.29, 1.82) is 0 Å². The minimum absolute atomic E-state index is 0.0560. The summed E-state index contributed by atoms with van der Waals surface area (Å²) in [7, 11) is -0.190. The average Bonchev–Trinajstić information content (AvgIpc) is 2.99. The molecule has 0 radical (unpaired) electrons. The summed E-state index contributed by atoms with van der Waals surface area (Å²) in [6, 6.07) is 17.1. The predicted octanol–water partition coefficient (Wildman–Crippen LogP) is 4.55. The summed E-state index contributed by atoms with van der Waals surface area (Å²) in [4.78, 5) is 28.4. The van der Waals surface area contributed by atoms with Crippen molar-refractivity contribution in [1.82, 2.24) is 10.2 Å². The van der Waals surface area contributed by atoms with E-state index in [0.29, 0.717) is 12.2 Å². The zero-order valence-corrected chi connectivity index (χ0v) is 26.7. The lowest BCUT2D eigenvalue weighted by molar-refractivity contribution is -0.139. The van der Waals surface area contributed by atoms with Gasteiger partial charge < -0.3 is 24.4 Å². The van der Waals surface area contributed by atoms with Crippen molar-refractivity contribution < 1.29 is 32.2 Å². The molecule has 3 aromatic carbocycles. The second-order valence-electron chi connectivity index (χ2n) is 10.0. The van der Waals surface area contributed by atoms with E-state index >= 15 is 0 Å². The average molecular weight is 632 g/mol. The second kappa shape index (κ2) is 15.0. The zero-order valence-electron chi connectivity index (χ0n) is 25.2. The Bertz CT molecular complexity index is 1520. The number of amides is 2. The van der Waals surface area contributed by atoms with Crippen molar-refractivity contribution in [2.45, 2.75) is 44.2 Å². The molecule has 0 heterocycles. The van der Waals surface area contributed by atoms with Crippen LogP contribution in [0.15, 0.2) is 71.6 Å². The number of anilines is 1. The van der Waals surface area contributed by atoms with Crippen LogP contribution in [0.25, 0.3) is 0 Å². The van der Waals surface area contributed by atoms with Gasteiger partial charge in [0, 0.05) is 23.7 Å². The van der Waals surface area contributed by atoms with Gasteiger partial charge in [-0.1, -0.05) is 41.9 Å². The first-order valence-electron chi connectivity index (χ1n) is 13.6. The molecule has 0 aliphatic rings. The molecule has 0 unspecified atom stereocenters. The second-order valence-corrected chi connectivity index (χ2v) is 12.3. The molecule has 0 aliphatic carbocycles. The van der Waals surface area contributed by atoms with Crippen molar-refractivity contribution in [3.63, 3.8) is 0 Å². The highest BCUT2D eigenvalue weighted by Crippen LogP contribution is 2.37. The third-order valence-corrected chi connectivity index (χ3v) is 8.70. The molecule has 2 amide bonds. The molecule has 0 aliphatic heterocycles. The van der Waals surface area contributed by atoms with Crippen LogP contribution < -0.4 is 23.8 Å². The Labute approximate surface area is 258 Å². The summed E-state index contributed by atoms with van der Waals surface area (Å²) < 4.78 is 45.5. The first-order valence-corrected chi connectivity index (χ1v) is 15.5. The fourth-order valence-electron chi connectivity index (χ4n) is 4.45. The minimum atomic E-state index is -4.41. The number of halogens is 1. The summed E-state index contributed by atoms with van der Waals surface area (Å²) in [5.41, 5.74) is 1.02. The van der Waals surface area contributed by atoms with E-state index in [-0.39, 0.29) is 45.6 Å². The predicted molar refractivity (Wildman–Crippen MR) is 167 cm³/mol. The van der Waals surface area contributed by atoms with Crippen molar-refractivity contribution in [3.05, 3.63) is 77.3 Å². The molecule has 12 heteroatoms. The SMILES string of the molecule is COc1ccc(S(=O)(=O)N(CC(=O)N(CCc2ccccc2)[C@H](C)C(=O)NC(C)C)c2cc(Cl)ccc2OC)cc1OC. The molecule has 232 valence electrons. The van der Waals surface area contributed by atoms with Crippen molar-refractivity contribution in [2.75, 3.05) is 38.7 Å².